The summed E-state index contributed by atoms with van der Waals surface area (Å²) < 4.78 is 26.4. The van der Waals surface area contributed by atoms with Crippen LogP contribution in [0.1, 0.15) is 13.3 Å². The monoisotopic (exact) mass is 321 g/mol. The number of H-pyrrole nitrogens is 1. The summed E-state index contributed by atoms with van der Waals surface area (Å²) in [5, 5.41) is -0.130. The van der Waals surface area contributed by atoms with Gasteiger partial charge in [-0.3, -0.25) is 4.79 Å². The fourth-order valence-electron chi connectivity index (χ4n) is 1.65. The van der Waals surface area contributed by atoms with Crippen LogP contribution in [0, 0.1) is 0 Å². The second-order valence-electron chi connectivity index (χ2n) is 4.72. The lowest BCUT2D eigenvalue weighted by Crippen LogP contribution is -2.37. The fourth-order valence-corrected chi connectivity index (χ4v) is 3.40. The van der Waals surface area contributed by atoms with Gasteiger partial charge in [0.2, 0.25) is 10.0 Å². The Balaban J connectivity index is 3.08. The Labute approximate surface area is 124 Å². The van der Waals surface area contributed by atoms with Crippen LogP contribution in [0.3, 0.4) is 0 Å². The molecule has 0 bridgehead atoms. The van der Waals surface area contributed by atoms with Crippen LogP contribution in [0.5, 0.6) is 0 Å². The van der Waals surface area contributed by atoms with Gasteiger partial charge in [0, 0.05) is 25.8 Å². The Morgan fingerprint density at radius 2 is 1.90 bits per heavy atom. The van der Waals surface area contributed by atoms with E-state index in [1.165, 1.54) is 16.6 Å². The minimum Gasteiger partial charge on any atom is -0.326 e. The third-order valence-electron chi connectivity index (χ3n) is 2.74. The topological polar surface area (TPSA) is 73.5 Å². The third kappa shape index (κ3) is 4.31. The molecule has 0 aliphatic carbocycles. The molecule has 0 aliphatic rings. The molecule has 0 saturated heterocycles. The van der Waals surface area contributed by atoms with Crippen molar-refractivity contribution in [2.24, 2.45) is 0 Å². The zero-order valence-electron chi connectivity index (χ0n) is 11.9. The summed E-state index contributed by atoms with van der Waals surface area (Å²) in [6, 6.07) is 1.19. The lowest BCUT2D eigenvalue weighted by molar-refractivity contribution is 0.333. The first-order chi connectivity index (χ1) is 9.28. The van der Waals surface area contributed by atoms with Gasteiger partial charge in [-0.2, -0.15) is 4.31 Å². The van der Waals surface area contributed by atoms with Crippen LogP contribution < -0.4 is 5.56 Å². The van der Waals surface area contributed by atoms with E-state index in [2.05, 4.69) is 4.98 Å². The van der Waals surface area contributed by atoms with Crippen LogP contribution in [0.2, 0.25) is 5.02 Å². The number of likely N-dealkylation sites (N-methyl/N-ethyl adjacent to an activating group) is 1. The SMILES string of the molecule is CCCN(CCN(C)C)S(=O)(=O)c1c[nH]c(=O)c(Cl)c1. The lowest BCUT2D eigenvalue weighted by Gasteiger charge is -2.23. The van der Waals surface area contributed by atoms with Crippen molar-refractivity contribution < 1.29 is 8.42 Å². The van der Waals surface area contributed by atoms with Gasteiger partial charge in [0.05, 0.1) is 4.90 Å². The Morgan fingerprint density at radius 1 is 1.25 bits per heavy atom. The van der Waals surface area contributed by atoms with Gasteiger partial charge in [-0.15, -0.1) is 0 Å². The summed E-state index contributed by atoms with van der Waals surface area (Å²) >= 11 is 5.69. The second kappa shape index (κ2) is 7.21. The molecule has 6 nitrogen and oxygen atoms in total. The molecule has 1 heterocycles. The first-order valence-corrected chi connectivity index (χ1v) is 8.14. The smallest absolute Gasteiger partial charge is 0.266 e. The van der Waals surface area contributed by atoms with Crippen LogP contribution in [0.15, 0.2) is 22.0 Å². The molecule has 8 heteroatoms. The summed E-state index contributed by atoms with van der Waals surface area (Å²) in [6.07, 6.45) is 1.89. The molecular formula is C12H20ClN3O3S. The van der Waals surface area contributed by atoms with Crippen LogP contribution in [0.25, 0.3) is 0 Å². The summed E-state index contributed by atoms with van der Waals surface area (Å²) in [5.74, 6) is 0. The highest BCUT2D eigenvalue weighted by Gasteiger charge is 2.24. The van der Waals surface area contributed by atoms with Gasteiger partial charge in [-0.05, 0) is 26.6 Å². The van der Waals surface area contributed by atoms with Gasteiger partial charge in [-0.1, -0.05) is 18.5 Å². The normalized spacial score (nSPS) is 12.3. The van der Waals surface area contributed by atoms with Gasteiger partial charge in [0.15, 0.2) is 0 Å². The van der Waals surface area contributed by atoms with Crippen LogP contribution in [0.4, 0.5) is 0 Å². The number of rotatable bonds is 7. The predicted molar refractivity (Wildman–Crippen MR) is 79.7 cm³/mol. The average molecular weight is 322 g/mol. The van der Waals surface area contributed by atoms with Crippen molar-refractivity contribution in [3.05, 3.63) is 27.6 Å². The quantitative estimate of drug-likeness (QED) is 0.813. The van der Waals surface area contributed by atoms with Crippen molar-refractivity contribution in [3.8, 4) is 0 Å². The minimum atomic E-state index is -3.65. The average Bonchev–Trinajstić information content (AvgIpc) is 2.37. The van der Waals surface area contributed by atoms with Crippen molar-refractivity contribution in [1.29, 1.82) is 0 Å². The van der Waals surface area contributed by atoms with Crippen molar-refractivity contribution in [3.63, 3.8) is 0 Å². The van der Waals surface area contributed by atoms with Crippen LogP contribution in [-0.2, 0) is 10.0 Å². The van der Waals surface area contributed by atoms with Crippen molar-refractivity contribution in [2.75, 3.05) is 33.7 Å². The maximum absolute atomic E-state index is 12.5. The highest BCUT2D eigenvalue weighted by molar-refractivity contribution is 7.89. The standard InChI is InChI=1S/C12H20ClN3O3S/c1-4-5-16(7-6-15(2)3)20(18,19)10-8-11(13)12(17)14-9-10/h8-9H,4-7H2,1-3H3,(H,14,17). The number of aromatic amines is 1. The van der Waals surface area contributed by atoms with E-state index in [4.69, 9.17) is 11.6 Å². The first-order valence-electron chi connectivity index (χ1n) is 6.32. The number of sulfonamides is 1. The van der Waals surface area contributed by atoms with Gasteiger partial charge >= 0.3 is 0 Å². The molecule has 1 rings (SSSR count). The molecule has 114 valence electrons. The Bertz CT molecular complexity index is 598. The van der Waals surface area contributed by atoms with Crippen LogP contribution in [-0.4, -0.2) is 56.3 Å². The Kier molecular flexibility index (Phi) is 6.19. The zero-order chi connectivity index (χ0) is 15.3. The molecule has 0 amide bonds. The zero-order valence-corrected chi connectivity index (χ0v) is 13.5. The van der Waals surface area contributed by atoms with E-state index >= 15 is 0 Å². The number of nitrogens with one attached hydrogen (secondary N) is 1. The summed E-state index contributed by atoms with van der Waals surface area (Å²) in [7, 11) is 0.119. The molecule has 0 unspecified atom stereocenters. The lowest BCUT2D eigenvalue weighted by atomic mass is 10.4. The molecular weight excluding hydrogens is 302 g/mol. The first kappa shape index (κ1) is 17.2. The number of halogens is 1. The minimum absolute atomic E-state index is 0.00862. The van der Waals surface area contributed by atoms with Crippen molar-refractivity contribution >= 4 is 21.6 Å². The largest absolute Gasteiger partial charge is 0.326 e. The Hall–Kier alpha value is -0.890. The van der Waals surface area contributed by atoms with Crippen molar-refractivity contribution in [1.82, 2.24) is 14.2 Å². The second-order valence-corrected chi connectivity index (χ2v) is 7.06. The summed E-state index contributed by atoms with van der Waals surface area (Å²) in [6.45, 7) is 3.35. The number of aromatic nitrogens is 1. The molecule has 0 aromatic carbocycles. The van der Waals surface area contributed by atoms with Gasteiger partial charge in [-0.25, -0.2) is 8.42 Å². The van der Waals surface area contributed by atoms with Crippen molar-refractivity contribution in [2.45, 2.75) is 18.2 Å². The number of nitrogens with zero attached hydrogens (tertiary/aromatic N) is 2. The maximum atomic E-state index is 12.5. The Morgan fingerprint density at radius 3 is 2.40 bits per heavy atom. The number of hydrogen-bond donors (Lipinski definition) is 1. The number of hydrogen-bond acceptors (Lipinski definition) is 4. The predicted octanol–water partition coefficient (Wildman–Crippen LogP) is 0.991. The van der Waals surface area contributed by atoms with E-state index < -0.39 is 15.6 Å². The molecule has 1 aromatic heterocycles. The summed E-state index contributed by atoms with van der Waals surface area (Å²) in [5.41, 5.74) is -0.499. The molecule has 0 fully saturated rings. The number of pyridine rings is 1. The van der Waals surface area contributed by atoms with E-state index in [-0.39, 0.29) is 9.92 Å². The van der Waals surface area contributed by atoms with Gasteiger partial charge in [0.25, 0.3) is 5.56 Å². The van der Waals surface area contributed by atoms with Crippen LogP contribution >= 0.6 is 11.6 Å². The van der Waals surface area contributed by atoms with Gasteiger partial charge in [0.1, 0.15) is 5.02 Å². The van der Waals surface area contributed by atoms with E-state index in [0.29, 0.717) is 26.1 Å². The molecule has 20 heavy (non-hydrogen) atoms. The maximum Gasteiger partial charge on any atom is 0.266 e. The molecule has 0 atom stereocenters. The van der Waals surface area contributed by atoms with Gasteiger partial charge < -0.3 is 9.88 Å². The molecule has 0 spiro atoms. The van der Waals surface area contributed by atoms with E-state index in [0.717, 1.165) is 0 Å². The molecule has 0 saturated carbocycles. The fraction of sp³-hybridized carbons (Fsp3) is 0.583. The molecule has 1 aromatic rings. The molecule has 0 aliphatic heterocycles. The molecule has 0 radical (unpaired) electrons. The summed E-state index contributed by atoms with van der Waals surface area (Å²) in [4.78, 5) is 15.5. The third-order valence-corrected chi connectivity index (χ3v) is 4.90. The molecule has 1 N–H and O–H groups in total. The van der Waals surface area contributed by atoms with E-state index in [9.17, 15) is 13.2 Å². The highest BCUT2D eigenvalue weighted by Crippen LogP contribution is 2.16. The highest BCUT2D eigenvalue weighted by atomic mass is 35.5. The van der Waals surface area contributed by atoms with E-state index in [1.807, 2.05) is 25.9 Å². The van der Waals surface area contributed by atoms with E-state index in [1.54, 1.807) is 0 Å².